The third kappa shape index (κ3) is 4.66. The van der Waals surface area contributed by atoms with Crippen LogP contribution in [0.15, 0.2) is 109 Å². The molecule has 0 aliphatic carbocycles. The monoisotopic (exact) mass is 437 g/mol. The Morgan fingerprint density at radius 3 is 1.93 bits per heavy atom. The molecule has 0 saturated heterocycles. The van der Waals surface area contributed by atoms with E-state index in [1.54, 1.807) is 36.4 Å². The van der Waals surface area contributed by atoms with Crippen LogP contribution in [0.3, 0.4) is 0 Å². The fourth-order valence-corrected chi connectivity index (χ4v) is 5.61. The first kappa shape index (κ1) is 21.9. The average molecular weight is 438 g/mol. The molecule has 3 aromatic rings. The van der Waals surface area contributed by atoms with Crippen LogP contribution in [-0.4, -0.2) is 20.6 Å². The average Bonchev–Trinajstić information content (AvgIpc) is 2.74. The van der Waals surface area contributed by atoms with Gasteiger partial charge >= 0.3 is 0 Å². The molecular weight excluding hydrogens is 414 g/mol. The molecule has 0 N–H and O–H groups in total. The Morgan fingerprint density at radius 2 is 1.43 bits per heavy atom. The summed E-state index contributed by atoms with van der Waals surface area (Å²) >= 11 is 1.33. The predicted molar refractivity (Wildman–Crippen MR) is 124 cm³/mol. The summed E-state index contributed by atoms with van der Waals surface area (Å²) < 4.78 is 25.3. The van der Waals surface area contributed by atoms with Crippen molar-refractivity contribution in [2.75, 3.05) is 10.6 Å². The highest BCUT2D eigenvalue weighted by Gasteiger charge is 2.46. The molecule has 0 saturated carbocycles. The first-order valence-corrected chi connectivity index (χ1v) is 12.1. The number of hydrogen-bond donors (Lipinski definition) is 0. The molecule has 1 amide bonds. The van der Waals surface area contributed by atoms with Gasteiger partial charge in [0, 0.05) is 4.90 Å². The maximum atomic E-state index is 14.1. The molecule has 0 aliphatic rings. The van der Waals surface area contributed by atoms with Gasteiger partial charge in [-0.3, -0.25) is 4.79 Å². The minimum absolute atomic E-state index is 0.258. The van der Waals surface area contributed by atoms with Crippen LogP contribution in [0, 0.1) is 0 Å². The quantitative estimate of drug-likeness (QED) is 0.357. The number of para-hydroxylation sites is 1. The molecule has 154 valence electrons. The van der Waals surface area contributed by atoms with Crippen LogP contribution >= 0.6 is 11.8 Å². The Bertz CT molecular complexity index is 1100. The van der Waals surface area contributed by atoms with Gasteiger partial charge in [0.2, 0.25) is 10.0 Å². The molecule has 0 spiro atoms. The van der Waals surface area contributed by atoms with E-state index in [1.807, 2.05) is 60.7 Å². The third-order valence-corrected chi connectivity index (χ3v) is 7.03. The van der Waals surface area contributed by atoms with E-state index in [2.05, 4.69) is 6.58 Å². The number of allylic oxidation sites excluding steroid dienone is 1. The molecule has 4 nitrogen and oxygen atoms in total. The van der Waals surface area contributed by atoms with E-state index in [-0.39, 0.29) is 6.42 Å². The van der Waals surface area contributed by atoms with Crippen LogP contribution in [0.25, 0.3) is 0 Å². The summed E-state index contributed by atoms with van der Waals surface area (Å²) in [4.78, 5) is 14.9. The molecule has 1 atom stereocenters. The maximum absolute atomic E-state index is 14.1. The van der Waals surface area contributed by atoms with Gasteiger partial charge in [-0.05, 0) is 36.2 Å². The number of carbonyl (C=O) groups is 1. The number of benzene rings is 3. The number of thioether (sulfide) groups is 1. The number of amides is 1. The van der Waals surface area contributed by atoms with E-state index in [0.717, 1.165) is 15.5 Å². The minimum Gasteiger partial charge on any atom is -0.271 e. The molecule has 0 aromatic heterocycles. The molecule has 0 fully saturated rings. The van der Waals surface area contributed by atoms with E-state index in [4.69, 9.17) is 0 Å². The van der Waals surface area contributed by atoms with Crippen LogP contribution < -0.4 is 4.31 Å². The number of rotatable bonds is 8. The largest absolute Gasteiger partial charge is 0.271 e. The zero-order valence-corrected chi connectivity index (χ0v) is 18.3. The van der Waals surface area contributed by atoms with E-state index in [9.17, 15) is 13.2 Å². The Hall–Kier alpha value is -2.83. The van der Waals surface area contributed by atoms with Crippen LogP contribution in [0.4, 0.5) is 5.69 Å². The first-order chi connectivity index (χ1) is 14.4. The Morgan fingerprint density at radius 1 is 0.933 bits per heavy atom. The van der Waals surface area contributed by atoms with Crippen LogP contribution in [-0.2, 0) is 19.6 Å². The Kier molecular flexibility index (Phi) is 6.80. The highest BCUT2D eigenvalue weighted by atomic mass is 32.2. The summed E-state index contributed by atoms with van der Waals surface area (Å²) in [6.07, 6.45) is 2.97. The lowest BCUT2D eigenvalue weighted by Gasteiger charge is -2.35. The summed E-state index contributed by atoms with van der Waals surface area (Å²) in [7, 11) is -3.88. The third-order valence-electron chi connectivity index (χ3n) is 4.56. The van der Waals surface area contributed by atoms with Crippen LogP contribution in [0.5, 0.6) is 0 Å². The lowest BCUT2D eigenvalue weighted by atomic mass is 9.93. The minimum atomic E-state index is -3.88. The van der Waals surface area contributed by atoms with Crippen LogP contribution in [0.2, 0.25) is 0 Å². The van der Waals surface area contributed by atoms with Crippen LogP contribution in [0.1, 0.15) is 12.0 Å². The molecule has 0 heterocycles. The predicted octanol–water partition coefficient (Wildman–Crippen LogP) is 5.24. The summed E-state index contributed by atoms with van der Waals surface area (Å²) in [5.41, 5.74) is 1.02. The second kappa shape index (κ2) is 9.32. The van der Waals surface area contributed by atoms with Crippen molar-refractivity contribution in [3.8, 4) is 0 Å². The lowest BCUT2D eigenvalue weighted by Crippen LogP contribution is -2.47. The zero-order chi connectivity index (χ0) is 21.6. The number of hydrogen-bond acceptors (Lipinski definition) is 4. The van der Waals surface area contributed by atoms with E-state index in [1.165, 1.54) is 11.8 Å². The zero-order valence-electron chi connectivity index (χ0n) is 16.6. The van der Waals surface area contributed by atoms with Gasteiger partial charge in [0.1, 0.15) is 4.75 Å². The van der Waals surface area contributed by atoms with Gasteiger partial charge in [0.25, 0.3) is 5.91 Å². The molecule has 30 heavy (non-hydrogen) atoms. The van der Waals surface area contributed by atoms with Gasteiger partial charge in [-0.1, -0.05) is 72.8 Å². The van der Waals surface area contributed by atoms with Gasteiger partial charge < -0.3 is 0 Å². The van der Waals surface area contributed by atoms with Crippen molar-refractivity contribution in [1.82, 2.24) is 0 Å². The summed E-state index contributed by atoms with van der Waals surface area (Å²) in [6, 6.07) is 27.2. The first-order valence-electron chi connectivity index (χ1n) is 9.39. The Labute approximate surface area is 182 Å². The van der Waals surface area contributed by atoms with Crippen molar-refractivity contribution in [2.24, 2.45) is 0 Å². The lowest BCUT2D eigenvalue weighted by molar-refractivity contribution is -0.119. The van der Waals surface area contributed by atoms with Gasteiger partial charge in [0.05, 0.1) is 11.9 Å². The van der Waals surface area contributed by atoms with Crippen molar-refractivity contribution in [3.63, 3.8) is 0 Å². The van der Waals surface area contributed by atoms with Gasteiger partial charge in [-0.15, -0.1) is 18.3 Å². The molecule has 1 unspecified atom stereocenters. The van der Waals surface area contributed by atoms with E-state index >= 15 is 0 Å². The molecule has 0 aliphatic heterocycles. The number of anilines is 1. The molecule has 3 aromatic carbocycles. The SMILES string of the molecule is C=CCC(Sc1ccccc1)(C(=O)N(c1ccccc1)S(C)(=O)=O)c1ccccc1. The van der Waals surface area contributed by atoms with Crippen molar-refractivity contribution in [1.29, 1.82) is 0 Å². The molecule has 3 rings (SSSR count). The molecule has 0 radical (unpaired) electrons. The highest BCUT2D eigenvalue weighted by Crippen LogP contribution is 2.47. The number of sulfonamides is 1. The van der Waals surface area contributed by atoms with E-state index in [0.29, 0.717) is 11.3 Å². The van der Waals surface area contributed by atoms with Crippen molar-refractivity contribution < 1.29 is 13.2 Å². The Balaban J connectivity index is 2.24. The molecule has 6 heteroatoms. The van der Waals surface area contributed by atoms with Gasteiger partial charge in [0.15, 0.2) is 0 Å². The summed E-state index contributed by atoms with van der Waals surface area (Å²) in [5.74, 6) is -0.531. The van der Waals surface area contributed by atoms with Crippen molar-refractivity contribution in [2.45, 2.75) is 16.1 Å². The maximum Gasteiger partial charge on any atom is 0.262 e. The smallest absolute Gasteiger partial charge is 0.262 e. The van der Waals surface area contributed by atoms with E-state index < -0.39 is 20.7 Å². The normalized spacial score (nSPS) is 13.2. The van der Waals surface area contributed by atoms with Gasteiger partial charge in [-0.2, -0.15) is 0 Å². The topological polar surface area (TPSA) is 54.5 Å². The number of nitrogens with zero attached hydrogens (tertiary/aromatic N) is 1. The van der Waals surface area contributed by atoms with Crippen molar-refractivity contribution in [3.05, 3.63) is 109 Å². The molecule has 0 bridgehead atoms. The van der Waals surface area contributed by atoms with Gasteiger partial charge in [-0.25, -0.2) is 12.7 Å². The second-order valence-corrected chi connectivity index (χ2v) is 9.97. The molecular formula is C24H23NO3S2. The second-order valence-electron chi connectivity index (χ2n) is 6.77. The highest BCUT2D eigenvalue weighted by molar-refractivity contribution is 8.01. The summed E-state index contributed by atoms with van der Waals surface area (Å²) in [6.45, 7) is 3.86. The standard InChI is InChI=1S/C24H23NO3S2/c1-3-19-24(20-13-7-4-8-14-20,29-22-17-11-6-12-18-22)23(26)25(30(2,27)28)21-15-9-5-10-16-21/h3-18H,1,19H2,2H3. The fourth-order valence-electron chi connectivity index (χ4n) is 3.26. The summed E-state index contributed by atoms with van der Waals surface area (Å²) in [5, 5.41) is 0. The fraction of sp³-hybridized carbons (Fsp3) is 0.125. The van der Waals surface area contributed by atoms with Crippen molar-refractivity contribution >= 4 is 33.4 Å². The number of carbonyl (C=O) groups excluding carboxylic acids is 1.